The molecule has 0 aliphatic carbocycles. The molecule has 6 rings (SSSR count). The molecule has 44 heavy (non-hydrogen) atoms. The molecule has 2 aliphatic rings. The Morgan fingerprint density at radius 2 is 1.55 bits per heavy atom. The lowest BCUT2D eigenvalue weighted by Crippen LogP contribution is -2.42. The van der Waals surface area contributed by atoms with Crippen molar-refractivity contribution < 1.29 is 14.3 Å². The highest BCUT2D eigenvalue weighted by Crippen LogP contribution is 2.42. The number of hydrogen-bond acceptors (Lipinski definition) is 4. The number of benzene rings is 3. The highest BCUT2D eigenvalue weighted by molar-refractivity contribution is 6.03. The number of ether oxygens (including phenoxy) is 1. The molecule has 1 N–H and O–H groups in total. The van der Waals surface area contributed by atoms with Gasteiger partial charge in [-0.2, -0.15) is 0 Å². The highest BCUT2D eigenvalue weighted by atomic mass is 16.5. The van der Waals surface area contributed by atoms with E-state index >= 15 is 0 Å². The van der Waals surface area contributed by atoms with Crippen molar-refractivity contribution in [2.45, 2.75) is 51.1 Å². The van der Waals surface area contributed by atoms with E-state index in [9.17, 15) is 9.59 Å². The molecular formula is C37H44N4O3. The summed E-state index contributed by atoms with van der Waals surface area (Å²) in [5, 5.41) is 4.40. The fourth-order valence-corrected chi connectivity index (χ4v) is 7.04. The molecule has 1 atom stereocenters. The standard InChI is InChI=1S/C37H44N4O3/c1-2-13-32(39-24-26-44-27-25-39)41-31-19-10-9-18-30(31)35(34(28-14-5-3-6-15-28)29-16-7-4-8-17-29)36(41)37(43)38-21-12-23-40-22-11-20-33(40)42/h3-10,14-19,32,34H,2,11-13,20-27H2,1H3,(H,38,43). The van der Waals surface area contributed by atoms with Gasteiger partial charge in [-0.1, -0.05) is 92.2 Å². The Balaban J connectivity index is 1.49. The van der Waals surface area contributed by atoms with Crippen LogP contribution in [0.5, 0.6) is 0 Å². The van der Waals surface area contributed by atoms with E-state index in [1.165, 1.54) is 0 Å². The number of nitrogens with zero attached hydrogens (tertiary/aromatic N) is 3. The minimum atomic E-state index is -0.126. The zero-order chi connectivity index (χ0) is 30.3. The van der Waals surface area contributed by atoms with Gasteiger partial charge in [-0.25, -0.2) is 0 Å². The number of likely N-dealkylation sites (tertiary alicyclic amines) is 1. The van der Waals surface area contributed by atoms with Crippen LogP contribution in [0.15, 0.2) is 84.9 Å². The lowest BCUT2D eigenvalue weighted by atomic mass is 9.83. The van der Waals surface area contributed by atoms with Gasteiger partial charge in [0, 0.05) is 56.0 Å². The number of amides is 2. The van der Waals surface area contributed by atoms with E-state index in [2.05, 4.69) is 94.5 Å². The second-order valence-electron chi connectivity index (χ2n) is 11.9. The maximum Gasteiger partial charge on any atom is 0.268 e. The van der Waals surface area contributed by atoms with E-state index in [1.54, 1.807) is 0 Å². The summed E-state index contributed by atoms with van der Waals surface area (Å²) in [4.78, 5) is 31.2. The van der Waals surface area contributed by atoms with Crippen LogP contribution in [0.25, 0.3) is 10.9 Å². The number of nitrogens with one attached hydrogen (secondary N) is 1. The van der Waals surface area contributed by atoms with Crippen LogP contribution < -0.4 is 5.32 Å². The lowest BCUT2D eigenvalue weighted by molar-refractivity contribution is -0.127. The summed E-state index contributed by atoms with van der Waals surface area (Å²) in [6, 6.07) is 29.6. The van der Waals surface area contributed by atoms with Crippen molar-refractivity contribution in [1.29, 1.82) is 0 Å². The molecule has 230 valence electrons. The summed E-state index contributed by atoms with van der Waals surface area (Å²) in [7, 11) is 0. The first kappa shape index (κ1) is 30.1. The van der Waals surface area contributed by atoms with Crippen molar-refractivity contribution in [2.24, 2.45) is 0 Å². The molecular weight excluding hydrogens is 548 g/mol. The molecule has 2 fully saturated rings. The van der Waals surface area contributed by atoms with Gasteiger partial charge < -0.3 is 19.5 Å². The number of hydrogen-bond donors (Lipinski definition) is 1. The van der Waals surface area contributed by atoms with Gasteiger partial charge >= 0.3 is 0 Å². The van der Waals surface area contributed by atoms with Crippen molar-refractivity contribution in [3.63, 3.8) is 0 Å². The van der Waals surface area contributed by atoms with E-state index in [1.807, 2.05) is 17.0 Å². The first-order valence-corrected chi connectivity index (χ1v) is 16.3. The van der Waals surface area contributed by atoms with Crippen molar-refractivity contribution >= 4 is 22.7 Å². The normalized spacial score (nSPS) is 16.6. The Morgan fingerprint density at radius 1 is 0.886 bits per heavy atom. The number of aromatic nitrogens is 1. The fourth-order valence-electron chi connectivity index (χ4n) is 7.04. The molecule has 2 saturated heterocycles. The molecule has 0 spiro atoms. The number of morpholine rings is 1. The zero-order valence-corrected chi connectivity index (χ0v) is 25.8. The third-order valence-corrected chi connectivity index (χ3v) is 9.09. The molecule has 1 aromatic heterocycles. The van der Waals surface area contributed by atoms with E-state index in [-0.39, 0.29) is 23.9 Å². The van der Waals surface area contributed by atoms with Crippen LogP contribution in [0.1, 0.15) is 78.3 Å². The number of carbonyl (C=O) groups is 2. The summed E-state index contributed by atoms with van der Waals surface area (Å²) in [6.45, 7) is 7.28. The average Bonchev–Trinajstić information content (AvgIpc) is 3.64. The summed E-state index contributed by atoms with van der Waals surface area (Å²) >= 11 is 0. The van der Waals surface area contributed by atoms with Gasteiger partial charge in [-0.15, -0.1) is 0 Å². The lowest BCUT2D eigenvalue weighted by Gasteiger charge is -2.36. The number of carbonyl (C=O) groups excluding carboxylic acids is 2. The van der Waals surface area contributed by atoms with Gasteiger partial charge in [0.1, 0.15) is 5.69 Å². The monoisotopic (exact) mass is 592 g/mol. The van der Waals surface area contributed by atoms with Gasteiger partial charge in [0.05, 0.1) is 24.9 Å². The summed E-state index contributed by atoms with van der Waals surface area (Å²) in [6.07, 6.45) is 4.24. The number of rotatable bonds is 12. The van der Waals surface area contributed by atoms with Crippen molar-refractivity contribution in [2.75, 3.05) is 45.9 Å². The van der Waals surface area contributed by atoms with Gasteiger partial charge in [-0.3, -0.25) is 14.5 Å². The van der Waals surface area contributed by atoms with Crippen molar-refractivity contribution in [3.8, 4) is 0 Å². The molecule has 0 radical (unpaired) electrons. The van der Waals surface area contributed by atoms with Crippen molar-refractivity contribution in [3.05, 3.63) is 107 Å². The quantitative estimate of drug-likeness (QED) is 0.199. The van der Waals surface area contributed by atoms with E-state index < -0.39 is 0 Å². The molecule has 3 aromatic carbocycles. The van der Waals surface area contributed by atoms with Crippen LogP contribution >= 0.6 is 0 Å². The molecule has 2 aliphatic heterocycles. The Hall–Kier alpha value is -3.94. The van der Waals surface area contributed by atoms with Crippen LogP contribution in [0.4, 0.5) is 0 Å². The number of para-hydroxylation sites is 1. The van der Waals surface area contributed by atoms with E-state index in [0.717, 1.165) is 78.6 Å². The van der Waals surface area contributed by atoms with Gasteiger partial charge in [0.25, 0.3) is 5.91 Å². The van der Waals surface area contributed by atoms with Crippen LogP contribution in [0, 0.1) is 0 Å². The second-order valence-corrected chi connectivity index (χ2v) is 11.9. The Kier molecular flexibility index (Phi) is 9.73. The van der Waals surface area contributed by atoms with Crippen LogP contribution in [-0.4, -0.2) is 72.1 Å². The maximum atomic E-state index is 14.6. The third kappa shape index (κ3) is 6.30. The van der Waals surface area contributed by atoms with Gasteiger partial charge in [-0.05, 0) is 36.5 Å². The second kappa shape index (κ2) is 14.2. The minimum absolute atomic E-state index is 0.0257. The van der Waals surface area contributed by atoms with Crippen LogP contribution in [0.2, 0.25) is 0 Å². The Bertz CT molecular complexity index is 1510. The SMILES string of the molecule is CCCC(N1CCOCC1)n1c(C(=O)NCCCN2CCCC2=O)c(C(c2ccccc2)c2ccccc2)c2ccccc21. The van der Waals surface area contributed by atoms with Gasteiger partial charge in [0.15, 0.2) is 0 Å². The number of fused-ring (bicyclic) bond motifs is 1. The maximum absolute atomic E-state index is 14.6. The fraction of sp³-hybridized carbons (Fsp3) is 0.405. The summed E-state index contributed by atoms with van der Waals surface area (Å²) in [5.41, 5.74) is 5.16. The summed E-state index contributed by atoms with van der Waals surface area (Å²) < 4.78 is 8.08. The smallest absolute Gasteiger partial charge is 0.268 e. The molecule has 0 bridgehead atoms. The van der Waals surface area contributed by atoms with Gasteiger partial charge in [0.2, 0.25) is 5.91 Å². The average molecular weight is 593 g/mol. The Morgan fingerprint density at radius 3 is 2.18 bits per heavy atom. The molecule has 1 unspecified atom stereocenters. The van der Waals surface area contributed by atoms with Crippen molar-refractivity contribution in [1.82, 2.24) is 19.7 Å². The molecule has 4 aromatic rings. The molecule has 7 heteroatoms. The summed E-state index contributed by atoms with van der Waals surface area (Å²) in [5.74, 6) is 0.0360. The van der Waals surface area contributed by atoms with E-state index in [0.29, 0.717) is 32.7 Å². The Labute approximate surface area is 260 Å². The molecule has 2 amide bonds. The molecule has 3 heterocycles. The first-order chi connectivity index (χ1) is 21.7. The minimum Gasteiger partial charge on any atom is -0.379 e. The van der Waals surface area contributed by atoms with E-state index in [4.69, 9.17) is 4.74 Å². The topological polar surface area (TPSA) is 66.8 Å². The largest absolute Gasteiger partial charge is 0.379 e. The molecule has 7 nitrogen and oxygen atoms in total. The predicted molar refractivity (Wildman–Crippen MR) is 175 cm³/mol. The third-order valence-electron chi connectivity index (χ3n) is 9.09. The highest BCUT2D eigenvalue weighted by Gasteiger charge is 2.34. The molecule has 0 saturated carbocycles. The van der Waals surface area contributed by atoms with Crippen LogP contribution in [0.3, 0.4) is 0 Å². The zero-order valence-electron chi connectivity index (χ0n) is 25.8. The van der Waals surface area contributed by atoms with Crippen LogP contribution in [-0.2, 0) is 9.53 Å². The first-order valence-electron chi connectivity index (χ1n) is 16.3. The predicted octanol–water partition coefficient (Wildman–Crippen LogP) is 6.19.